The number of morpholine rings is 1. The summed E-state index contributed by atoms with van der Waals surface area (Å²) in [4.78, 5) is 17.4. The molecule has 0 atom stereocenters. The number of ether oxygens (including phenoxy) is 1. The summed E-state index contributed by atoms with van der Waals surface area (Å²) in [7, 11) is 0. The van der Waals surface area contributed by atoms with Crippen LogP contribution in [0.2, 0.25) is 0 Å². The van der Waals surface area contributed by atoms with Crippen LogP contribution in [0, 0.1) is 0 Å². The number of rotatable bonds is 2. The molecule has 0 spiro atoms. The highest BCUT2D eigenvalue weighted by atomic mass is 16.5. The molecule has 1 aromatic heterocycles. The molecule has 1 fully saturated rings. The van der Waals surface area contributed by atoms with Crippen molar-refractivity contribution in [3.63, 3.8) is 0 Å². The molecular weight excluding hydrogens is 240 g/mol. The normalized spacial score (nSPS) is 15.9. The summed E-state index contributed by atoms with van der Waals surface area (Å²) in [6, 6.07) is 8.23. The number of carbonyl (C=O) groups is 1. The zero-order valence-corrected chi connectivity index (χ0v) is 11.1. The highest BCUT2D eigenvalue weighted by Gasteiger charge is 2.19. The van der Waals surface area contributed by atoms with E-state index in [2.05, 4.69) is 30.1 Å². The number of aromatic amines is 1. The van der Waals surface area contributed by atoms with Gasteiger partial charge in [-0.2, -0.15) is 0 Å². The summed E-state index contributed by atoms with van der Waals surface area (Å²) >= 11 is 0. The Bertz CT molecular complexity index is 597. The molecule has 1 aliphatic rings. The van der Waals surface area contributed by atoms with Crippen LogP contribution in [0.1, 0.15) is 23.0 Å². The quantitative estimate of drug-likeness (QED) is 0.897. The number of aryl methyl sites for hydroxylation is 1. The Kier molecular flexibility index (Phi) is 3.25. The predicted octanol–water partition coefficient (Wildman–Crippen LogP) is 2.20. The van der Waals surface area contributed by atoms with E-state index in [0.717, 1.165) is 17.3 Å². The van der Waals surface area contributed by atoms with Crippen LogP contribution in [-0.2, 0) is 11.2 Å². The molecule has 1 N–H and O–H groups in total. The third kappa shape index (κ3) is 2.36. The van der Waals surface area contributed by atoms with Crippen LogP contribution in [0.25, 0.3) is 10.9 Å². The minimum Gasteiger partial charge on any atom is -0.378 e. The number of hydrogen-bond donors (Lipinski definition) is 1. The maximum absolute atomic E-state index is 12.4. The monoisotopic (exact) mass is 258 g/mol. The van der Waals surface area contributed by atoms with Gasteiger partial charge in [0.05, 0.1) is 13.2 Å². The zero-order valence-electron chi connectivity index (χ0n) is 11.1. The van der Waals surface area contributed by atoms with Crippen LogP contribution in [0.15, 0.2) is 24.3 Å². The number of fused-ring (bicyclic) bond motifs is 1. The van der Waals surface area contributed by atoms with Crippen molar-refractivity contribution in [2.24, 2.45) is 0 Å². The Hall–Kier alpha value is -1.81. The van der Waals surface area contributed by atoms with Crippen molar-refractivity contribution < 1.29 is 9.53 Å². The van der Waals surface area contributed by atoms with E-state index in [1.54, 1.807) is 0 Å². The molecule has 2 heterocycles. The van der Waals surface area contributed by atoms with Gasteiger partial charge in [0, 0.05) is 24.0 Å². The van der Waals surface area contributed by atoms with Crippen LogP contribution in [-0.4, -0.2) is 42.1 Å². The summed E-state index contributed by atoms with van der Waals surface area (Å²) in [6.07, 6.45) is 1.00. The van der Waals surface area contributed by atoms with Crippen molar-refractivity contribution in [1.29, 1.82) is 0 Å². The standard InChI is InChI=1S/C15H18N2O2/c1-2-11-3-4-12-10-14(16-13(12)9-11)15(18)17-5-7-19-8-6-17/h3-4,9-10,16H,2,5-8H2,1H3. The largest absolute Gasteiger partial charge is 0.378 e. The van der Waals surface area contributed by atoms with Crippen molar-refractivity contribution in [1.82, 2.24) is 9.88 Å². The van der Waals surface area contributed by atoms with Crippen LogP contribution in [0.4, 0.5) is 0 Å². The maximum Gasteiger partial charge on any atom is 0.270 e. The highest BCUT2D eigenvalue weighted by Crippen LogP contribution is 2.19. The Morgan fingerprint density at radius 1 is 1.32 bits per heavy atom. The SMILES string of the molecule is CCc1ccc2cc(C(=O)N3CCOCC3)[nH]c2c1. The lowest BCUT2D eigenvalue weighted by atomic mass is 10.1. The summed E-state index contributed by atoms with van der Waals surface area (Å²) in [5.74, 6) is 0.0672. The molecule has 0 bridgehead atoms. The first kappa shape index (κ1) is 12.2. The van der Waals surface area contributed by atoms with Crippen molar-refractivity contribution in [3.05, 3.63) is 35.5 Å². The van der Waals surface area contributed by atoms with Gasteiger partial charge in [-0.15, -0.1) is 0 Å². The van der Waals surface area contributed by atoms with Gasteiger partial charge in [0.2, 0.25) is 0 Å². The van der Waals surface area contributed by atoms with E-state index in [-0.39, 0.29) is 5.91 Å². The van der Waals surface area contributed by atoms with Crippen LogP contribution in [0.3, 0.4) is 0 Å². The van der Waals surface area contributed by atoms with Crippen LogP contribution < -0.4 is 0 Å². The smallest absolute Gasteiger partial charge is 0.270 e. The molecule has 0 aliphatic carbocycles. The molecule has 1 saturated heterocycles. The fraction of sp³-hybridized carbons (Fsp3) is 0.400. The number of benzene rings is 1. The van der Waals surface area contributed by atoms with Crippen LogP contribution >= 0.6 is 0 Å². The first-order chi connectivity index (χ1) is 9.28. The molecule has 100 valence electrons. The Labute approximate surface area is 112 Å². The van der Waals surface area contributed by atoms with Gasteiger partial charge in [-0.25, -0.2) is 0 Å². The predicted molar refractivity (Wildman–Crippen MR) is 74.4 cm³/mol. The number of hydrogen-bond acceptors (Lipinski definition) is 2. The minimum absolute atomic E-state index is 0.0672. The fourth-order valence-electron chi connectivity index (χ4n) is 2.45. The molecule has 4 heteroatoms. The summed E-state index contributed by atoms with van der Waals surface area (Å²) in [6.45, 7) is 4.74. The lowest BCUT2D eigenvalue weighted by Crippen LogP contribution is -2.40. The third-order valence-corrected chi connectivity index (χ3v) is 3.62. The summed E-state index contributed by atoms with van der Waals surface area (Å²) < 4.78 is 5.27. The maximum atomic E-state index is 12.4. The van der Waals surface area contributed by atoms with Crippen molar-refractivity contribution >= 4 is 16.8 Å². The number of H-pyrrole nitrogens is 1. The molecule has 3 rings (SSSR count). The second kappa shape index (κ2) is 5.05. The van der Waals surface area contributed by atoms with Gasteiger partial charge < -0.3 is 14.6 Å². The third-order valence-electron chi connectivity index (χ3n) is 3.62. The summed E-state index contributed by atoms with van der Waals surface area (Å²) in [5, 5.41) is 1.09. The Balaban J connectivity index is 1.89. The number of carbonyl (C=O) groups excluding carboxylic acids is 1. The van der Waals surface area contributed by atoms with Crippen molar-refractivity contribution in [3.8, 4) is 0 Å². The van der Waals surface area contributed by atoms with E-state index in [1.165, 1.54) is 5.56 Å². The average molecular weight is 258 g/mol. The van der Waals surface area contributed by atoms with Crippen LogP contribution in [0.5, 0.6) is 0 Å². The highest BCUT2D eigenvalue weighted by molar-refractivity contribution is 5.98. The number of aromatic nitrogens is 1. The molecule has 1 aliphatic heterocycles. The van der Waals surface area contributed by atoms with E-state index in [0.29, 0.717) is 32.0 Å². The second-order valence-electron chi connectivity index (χ2n) is 4.86. The molecule has 1 amide bonds. The molecule has 0 radical (unpaired) electrons. The Morgan fingerprint density at radius 3 is 2.84 bits per heavy atom. The van der Waals surface area contributed by atoms with Crippen molar-refractivity contribution in [2.75, 3.05) is 26.3 Å². The first-order valence-corrected chi connectivity index (χ1v) is 6.76. The molecular formula is C15H18N2O2. The molecule has 2 aromatic rings. The molecule has 0 saturated carbocycles. The van der Waals surface area contributed by atoms with Gasteiger partial charge in [0.15, 0.2) is 0 Å². The number of amides is 1. The molecule has 1 aromatic carbocycles. The van der Waals surface area contributed by atoms with Gasteiger partial charge in [-0.1, -0.05) is 19.1 Å². The van der Waals surface area contributed by atoms with E-state index in [1.807, 2.05) is 11.0 Å². The second-order valence-corrected chi connectivity index (χ2v) is 4.86. The van der Waals surface area contributed by atoms with E-state index in [4.69, 9.17) is 4.74 Å². The van der Waals surface area contributed by atoms with Gasteiger partial charge in [0.1, 0.15) is 5.69 Å². The van der Waals surface area contributed by atoms with Gasteiger partial charge in [-0.05, 0) is 24.1 Å². The van der Waals surface area contributed by atoms with Gasteiger partial charge in [0.25, 0.3) is 5.91 Å². The lowest BCUT2D eigenvalue weighted by Gasteiger charge is -2.26. The fourth-order valence-corrected chi connectivity index (χ4v) is 2.45. The van der Waals surface area contributed by atoms with Gasteiger partial charge in [-0.3, -0.25) is 4.79 Å². The van der Waals surface area contributed by atoms with E-state index in [9.17, 15) is 4.79 Å². The van der Waals surface area contributed by atoms with Crippen molar-refractivity contribution in [2.45, 2.75) is 13.3 Å². The number of nitrogens with zero attached hydrogens (tertiary/aromatic N) is 1. The summed E-state index contributed by atoms with van der Waals surface area (Å²) in [5.41, 5.74) is 2.99. The lowest BCUT2D eigenvalue weighted by molar-refractivity contribution is 0.0299. The molecule has 4 nitrogen and oxygen atoms in total. The van der Waals surface area contributed by atoms with Gasteiger partial charge >= 0.3 is 0 Å². The molecule has 0 unspecified atom stereocenters. The zero-order chi connectivity index (χ0) is 13.2. The topological polar surface area (TPSA) is 45.3 Å². The Morgan fingerprint density at radius 2 is 2.11 bits per heavy atom. The minimum atomic E-state index is 0.0672. The van der Waals surface area contributed by atoms with E-state index < -0.39 is 0 Å². The average Bonchev–Trinajstić information content (AvgIpc) is 2.90. The number of nitrogens with one attached hydrogen (secondary N) is 1. The first-order valence-electron chi connectivity index (χ1n) is 6.76. The molecule has 19 heavy (non-hydrogen) atoms. The van der Waals surface area contributed by atoms with E-state index >= 15 is 0 Å².